The topological polar surface area (TPSA) is 26.3 Å². The van der Waals surface area contributed by atoms with E-state index in [1.165, 1.54) is 6.42 Å². The molecule has 2 aliphatic carbocycles. The number of hydrogen-bond acceptors (Lipinski definition) is 2. The van der Waals surface area contributed by atoms with Gasteiger partial charge < -0.3 is 4.74 Å². The maximum atomic E-state index is 12.0. The molecule has 0 aliphatic heterocycles. The molecule has 0 bridgehead atoms. The van der Waals surface area contributed by atoms with Crippen LogP contribution in [0.15, 0.2) is 22.7 Å². The van der Waals surface area contributed by atoms with E-state index in [0.717, 1.165) is 30.2 Å². The SMILES string of the molecule is O=C1CC(Oc2cc(Br)ccc2Cl)C12CCCCC2. The number of benzene rings is 1. The van der Waals surface area contributed by atoms with E-state index in [-0.39, 0.29) is 11.5 Å². The molecular formula is C15H16BrClO2. The summed E-state index contributed by atoms with van der Waals surface area (Å²) in [6.07, 6.45) is 5.99. The van der Waals surface area contributed by atoms with E-state index in [9.17, 15) is 4.79 Å². The first-order valence-electron chi connectivity index (χ1n) is 6.77. The molecule has 0 amide bonds. The van der Waals surface area contributed by atoms with E-state index < -0.39 is 0 Å². The fraction of sp³-hybridized carbons (Fsp3) is 0.533. The summed E-state index contributed by atoms with van der Waals surface area (Å²) in [6, 6.07) is 5.58. The molecule has 102 valence electrons. The zero-order valence-corrected chi connectivity index (χ0v) is 13.0. The van der Waals surface area contributed by atoms with Gasteiger partial charge in [0.15, 0.2) is 0 Å². The Morgan fingerprint density at radius 2 is 2.00 bits per heavy atom. The molecule has 1 aromatic rings. The van der Waals surface area contributed by atoms with Gasteiger partial charge in [-0.15, -0.1) is 0 Å². The minimum absolute atomic E-state index is 0.00657. The highest BCUT2D eigenvalue weighted by Crippen LogP contribution is 2.51. The number of Topliss-reactive ketones (excluding diaryl/α,β-unsaturated/α-hetero) is 1. The minimum Gasteiger partial charge on any atom is -0.487 e. The van der Waals surface area contributed by atoms with Gasteiger partial charge in [0.1, 0.15) is 17.6 Å². The van der Waals surface area contributed by atoms with Crippen LogP contribution in [0.1, 0.15) is 38.5 Å². The maximum absolute atomic E-state index is 12.0. The van der Waals surface area contributed by atoms with Gasteiger partial charge >= 0.3 is 0 Å². The predicted molar refractivity (Wildman–Crippen MR) is 78.7 cm³/mol. The summed E-state index contributed by atoms with van der Waals surface area (Å²) in [5, 5.41) is 0.605. The first-order chi connectivity index (χ1) is 9.12. The van der Waals surface area contributed by atoms with Crippen LogP contribution >= 0.6 is 27.5 Å². The van der Waals surface area contributed by atoms with Crippen molar-refractivity contribution < 1.29 is 9.53 Å². The quantitative estimate of drug-likeness (QED) is 0.773. The van der Waals surface area contributed by atoms with Crippen molar-refractivity contribution in [2.45, 2.75) is 44.6 Å². The van der Waals surface area contributed by atoms with Gasteiger partial charge in [0, 0.05) is 10.9 Å². The van der Waals surface area contributed by atoms with Crippen LogP contribution in [0.4, 0.5) is 0 Å². The summed E-state index contributed by atoms with van der Waals surface area (Å²) in [5.74, 6) is 1.06. The third-order valence-electron chi connectivity index (χ3n) is 4.45. The van der Waals surface area contributed by atoms with Crippen molar-refractivity contribution in [2.24, 2.45) is 5.41 Å². The van der Waals surface area contributed by atoms with Gasteiger partial charge in [0.2, 0.25) is 0 Å². The molecule has 2 saturated carbocycles. The van der Waals surface area contributed by atoms with E-state index in [0.29, 0.717) is 23.0 Å². The summed E-state index contributed by atoms with van der Waals surface area (Å²) >= 11 is 9.57. The molecule has 1 unspecified atom stereocenters. The highest BCUT2D eigenvalue weighted by Gasteiger charge is 2.56. The molecule has 2 nitrogen and oxygen atoms in total. The molecule has 0 heterocycles. The number of halogens is 2. The van der Waals surface area contributed by atoms with Crippen LogP contribution < -0.4 is 4.74 Å². The lowest BCUT2D eigenvalue weighted by Crippen LogP contribution is -2.57. The summed E-state index contributed by atoms with van der Waals surface area (Å²) in [4.78, 5) is 12.0. The molecule has 1 aromatic carbocycles. The molecule has 1 atom stereocenters. The van der Waals surface area contributed by atoms with Crippen LogP contribution in [0.3, 0.4) is 0 Å². The van der Waals surface area contributed by atoms with Gasteiger partial charge in [-0.05, 0) is 31.0 Å². The fourth-order valence-corrected chi connectivity index (χ4v) is 3.78. The number of ketones is 1. The van der Waals surface area contributed by atoms with Gasteiger partial charge in [0.25, 0.3) is 0 Å². The van der Waals surface area contributed by atoms with Crippen molar-refractivity contribution in [3.05, 3.63) is 27.7 Å². The molecule has 0 aromatic heterocycles. The second-order valence-electron chi connectivity index (χ2n) is 5.53. The highest BCUT2D eigenvalue weighted by molar-refractivity contribution is 9.10. The van der Waals surface area contributed by atoms with Gasteiger partial charge in [-0.2, -0.15) is 0 Å². The van der Waals surface area contributed by atoms with E-state index >= 15 is 0 Å². The first-order valence-corrected chi connectivity index (χ1v) is 7.94. The van der Waals surface area contributed by atoms with Crippen molar-refractivity contribution in [2.75, 3.05) is 0 Å². The van der Waals surface area contributed by atoms with Crippen LogP contribution in [-0.2, 0) is 4.79 Å². The predicted octanol–water partition coefficient (Wildman–Crippen LogP) is 4.77. The minimum atomic E-state index is -0.218. The third-order valence-corrected chi connectivity index (χ3v) is 5.26. The zero-order chi connectivity index (χ0) is 13.5. The lowest BCUT2D eigenvalue weighted by Gasteiger charge is -2.49. The molecule has 2 aliphatic rings. The Labute approximate surface area is 126 Å². The van der Waals surface area contributed by atoms with Crippen molar-refractivity contribution >= 4 is 33.3 Å². The van der Waals surface area contributed by atoms with Crippen LogP contribution in [0.5, 0.6) is 5.75 Å². The lowest BCUT2D eigenvalue weighted by molar-refractivity contribution is -0.156. The molecule has 0 N–H and O–H groups in total. The molecule has 1 spiro atoms. The Bertz CT molecular complexity index is 509. The van der Waals surface area contributed by atoms with Gasteiger partial charge in [-0.1, -0.05) is 46.8 Å². The normalized spacial score (nSPS) is 25.2. The van der Waals surface area contributed by atoms with Crippen LogP contribution in [0.25, 0.3) is 0 Å². The van der Waals surface area contributed by atoms with E-state index in [1.54, 1.807) is 0 Å². The van der Waals surface area contributed by atoms with Gasteiger partial charge in [-0.25, -0.2) is 0 Å². The van der Waals surface area contributed by atoms with E-state index in [2.05, 4.69) is 15.9 Å². The molecule has 0 radical (unpaired) electrons. The Morgan fingerprint density at radius 1 is 1.26 bits per heavy atom. The summed E-state index contributed by atoms with van der Waals surface area (Å²) in [5.41, 5.74) is -0.218. The Hall–Kier alpha value is -0.540. The van der Waals surface area contributed by atoms with E-state index in [1.807, 2.05) is 18.2 Å². The first kappa shape index (κ1) is 13.4. The standard InChI is InChI=1S/C15H16BrClO2/c16-10-4-5-11(17)12(8-10)19-14-9-13(18)15(14)6-2-1-3-7-15/h4-5,8,14H,1-3,6-7,9H2. The molecule has 0 saturated heterocycles. The summed E-state index contributed by atoms with van der Waals surface area (Å²) in [7, 11) is 0. The summed E-state index contributed by atoms with van der Waals surface area (Å²) < 4.78 is 6.98. The molecular weight excluding hydrogens is 328 g/mol. The molecule has 4 heteroatoms. The largest absolute Gasteiger partial charge is 0.487 e. The fourth-order valence-electron chi connectivity index (χ4n) is 3.27. The van der Waals surface area contributed by atoms with Crippen molar-refractivity contribution in [1.29, 1.82) is 0 Å². The average Bonchev–Trinajstić information content (AvgIpc) is 2.43. The van der Waals surface area contributed by atoms with Crippen molar-refractivity contribution in [3.63, 3.8) is 0 Å². The Balaban J connectivity index is 1.80. The number of hydrogen-bond donors (Lipinski definition) is 0. The second kappa shape index (κ2) is 5.10. The van der Waals surface area contributed by atoms with Crippen molar-refractivity contribution in [3.8, 4) is 5.75 Å². The van der Waals surface area contributed by atoms with Crippen molar-refractivity contribution in [1.82, 2.24) is 0 Å². The number of carbonyl (C=O) groups excluding carboxylic acids is 1. The van der Waals surface area contributed by atoms with Gasteiger partial charge in [0.05, 0.1) is 10.4 Å². The van der Waals surface area contributed by atoms with Crippen LogP contribution in [0, 0.1) is 5.41 Å². The Morgan fingerprint density at radius 3 is 2.68 bits per heavy atom. The number of ether oxygens (including phenoxy) is 1. The average molecular weight is 344 g/mol. The van der Waals surface area contributed by atoms with Crippen LogP contribution in [-0.4, -0.2) is 11.9 Å². The van der Waals surface area contributed by atoms with Gasteiger partial charge in [-0.3, -0.25) is 4.79 Å². The maximum Gasteiger partial charge on any atom is 0.146 e. The molecule has 2 fully saturated rings. The highest BCUT2D eigenvalue weighted by atomic mass is 79.9. The van der Waals surface area contributed by atoms with E-state index in [4.69, 9.17) is 16.3 Å². The second-order valence-corrected chi connectivity index (χ2v) is 6.85. The van der Waals surface area contributed by atoms with Crippen LogP contribution in [0.2, 0.25) is 5.02 Å². The lowest BCUT2D eigenvalue weighted by atomic mass is 9.57. The zero-order valence-electron chi connectivity index (χ0n) is 10.6. The summed E-state index contributed by atoms with van der Waals surface area (Å²) in [6.45, 7) is 0. The smallest absolute Gasteiger partial charge is 0.146 e. The monoisotopic (exact) mass is 342 g/mol. The third kappa shape index (κ3) is 2.31. The molecule has 19 heavy (non-hydrogen) atoms. The Kier molecular flexibility index (Phi) is 3.61. The number of carbonyl (C=O) groups is 1. The molecule has 3 rings (SSSR count). The number of rotatable bonds is 2.